The van der Waals surface area contributed by atoms with Gasteiger partial charge in [-0.3, -0.25) is 0 Å². The van der Waals surface area contributed by atoms with Gasteiger partial charge in [0, 0.05) is 30.4 Å². The van der Waals surface area contributed by atoms with Gasteiger partial charge in [0.25, 0.3) is 0 Å². The molecule has 4 rings (SSSR count). The molecule has 1 fully saturated rings. The lowest BCUT2D eigenvalue weighted by Gasteiger charge is -2.44. The third kappa shape index (κ3) is 2.62. The van der Waals surface area contributed by atoms with Crippen molar-refractivity contribution in [3.8, 4) is 0 Å². The molecule has 3 heterocycles. The Morgan fingerprint density at radius 3 is 2.96 bits per heavy atom. The highest BCUT2D eigenvalue weighted by molar-refractivity contribution is 5.72. The van der Waals surface area contributed by atoms with Crippen molar-refractivity contribution in [1.82, 2.24) is 10.3 Å². The molecule has 0 radical (unpaired) electrons. The molecule has 5 nitrogen and oxygen atoms in total. The fourth-order valence-electron chi connectivity index (χ4n) is 3.81. The van der Waals surface area contributed by atoms with Gasteiger partial charge in [-0.1, -0.05) is 18.7 Å². The fourth-order valence-corrected chi connectivity index (χ4v) is 3.81. The van der Waals surface area contributed by atoms with Crippen LogP contribution in [0.3, 0.4) is 0 Å². The number of benzene rings is 1. The molecule has 3 N–H and O–H groups in total. The van der Waals surface area contributed by atoms with Crippen LogP contribution in [0.4, 0.5) is 21.6 Å². The number of pyridine rings is 1. The monoisotopic (exact) mass is 339 g/mol. The van der Waals surface area contributed by atoms with Gasteiger partial charge in [-0.15, -0.1) is 0 Å². The summed E-state index contributed by atoms with van der Waals surface area (Å²) in [6.07, 6.45) is 2.79. The third-order valence-electron chi connectivity index (χ3n) is 5.02. The smallest absolute Gasteiger partial charge is 0.147 e. The van der Waals surface area contributed by atoms with Crippen molar-refractivity contribution in [2.75, 3.05) is 28.6 Å². The number of halogens is 1. The van der Waals surface area contributed by atoms with E-state index in [1.165, 1.54) is 6.07 Å². The van der Waals surface area contributed by atoms with E-state index in [1.807, 2.05) is 24.0 Å². The summed E-state index contributed by atoms with van der Waals surface area (Å²) in [5.41, 5.74) is 9.44. The molecule has 1 aromatic heterocycles. The lowest BCUT2D eigenvalue weighted by Crippen LogP contribution is -2.46. The Kier molecular flexibility index (Phi) is 3.84. The van der Waals surface area contributed by atoms with Crippen LogP contribution in [-0.2, 0) is 6.54 Å². The van der Waals surface area contributed by atoms with Crippen LogP contribution in [0.25, 0.3) is 0 Å². The van der Waals surface area contributed by atoms with Crippen LogP contribution < -0.4 is 20.9 Å². The van der Waals surface area contributed by atoms with Gasteiger partial charge in [0.15, 0.2) is 0 Å². The average Bonchev–Trinajstić information content (AvgIpc) is 3.09. The van der Waals surface area contributed by atoms with E-state index in [0.717, 1.165) is 42.1 Å². The number of nitrogens with zero attached hydrogens (tertiary/aromatic N) is 3. The largest absolute Gasteiger partial charge is 0.384 e. The Hall–Kier alpha value is -2.60. The molecule has 1 atom stereocenters. The van der Waals surface area contributed by atoms with Gasteiger partial charge in [-0.2, -0.15) is 0 Å². The van der Waals surface area contributed by atoms with Crippen LogP contribution in [0, 0.1) is 12.7 Å². The summed E-state index contributed by atoms with van der Waals surface area (Å²) < 4.78 is 14.6. The number of aryl methyl sites for hydroxylation is 1. The second-order valence-electron chi connectivity index (χ2n) is 6.66. The van der Waals surface area contributed by atoms with E-state index in [4.69, 9.17) is 5.73 Å². The number of nitrogen functional groups attached to an aromatic ring is 1. The molecule has 1 saturated heterocycles. The molecule has 0 saturated carbocycles. The van der Waals surface area contributed by atoms with Crippen LogP contribution in [0.5, 0.6) is 0 Å². The van der Waals surface area contributed by atoms with E-state index in [2.05, 4.69) is 21.8 Å². The predicted octanol–water partition coefficient (Wildman–Crippen LogP) is 2.77. The highest BCUT2D eigenvalue weighted by Crippen LogP contribution is 2.40. The zero-order valence-electron chi connectivity index (χ0n) is 14.3. The molecular weight excluding hydrogens is 317 g/mol. The van der Waals surface area contributed by atoms with Gasteiger partial charge in [-0.05, 0) is 31.5 Å². The Bertz CT molecular complexity index is 808. The third-order valence-corrected chi connectivity index (χ3v) is 5.02. The number of anilines is 3. The van der Waals surface area contributed by atoms with Gasteiger partial charge >= 0.3 is 0 Å². The van der Waals surface area contributed by atoms with Crippen molar-refractivity contribution in [2.24, 2.45) is 0 Å². The van der Waals surface area contributed by atoms with Crippen LogP contribution >= 0.6 is 0 Å². The first-order valence-corrected chi connectivity index (χ1v) is 8.52. The van der Waals surface area contributed by atoms with Crippen LogP contribution in [0.2, 0.25) is 0 Å². The Morgan fingerprint density at radius 1 is 1.40 bits per heavy atom. The summed E-state index contributed by atoms with van der Waals surface area (Å²) in [4.78, 5) is 8.37. The molecule has 2 aromatic rings. The SMILES string of the molecule is C=C1N(c2c(C)cccc2F)Cc2cnc(N)cc2N1C1CCNC1. The van der Waals surface area contributed by atoms with E-state index in [0.29, 0.717) is 18.1 Å². The van der Waals surface area contributed by atoms with Crippen molar-refractivity contribution in [3.05, 3.63) is 59.8 Å². The van der Waals surface area contributed by atoms with Gasteiger partial charge < -0.3 is 20.9 Å². The maximum Gasteiger partial charge on any atom is 0.147 e. The van der Waals surface area contributed by atoms with Crippen molar-refractivity contribution >= 4 is 17.2 Å². The van der Waals surface area contributed by atoms with E-state index in [-0.39, 0.29) is 11.9 Å². The molecule has 1 unspecified atom stereocenters. The van der Waals surface area contributed by atoms with Crippen molar-refractivity contribution in [2.45, 2.75) is 25.9 Å². The number of hydrogen-bond acceptors (Lipinski definition) is 5. The van der Waals surface area contributed by atoms with Gasteiger partial charge in [-0.25, -0.2) is 9.37 Å². The Morgan fingerprint density at radius 2 is 2.24 bits per heavy atom. The first-order chi connectivity index (χ1) is 12.1. The molecule has 0 spiro atoms. The lowest BCUT2D eigenvalue weighted by atomic mass is 10.0. The first kappa shape index (κ1) is 15.9. The normalized spacial score (nSPS) is 20.1. The molecule has 1 aromatic carbocycles. The molecular formula is C19H22FN5. The minimum atomic E-state index is -0.238. The molecule has 0 aliphatic carbocycles. The van der Waals surface area contributed by atoms with E-state index in [9.17, 15) is 4.39 Å². The first-order valence-electron chi connectivity index (χ1n) is 8.52. The second kappa shape index (κ2) is 6.04. The quantitative estimate of drug-likeness (QED) is 0.881. The molecule has 2 aliphatic rings. The number of fused-ring (bicyclic) bond motifs is 1. The number of aromatic nitrogens is 1. The summed E-state index contributed by atoms with van der Waals surface area (Å²) in [6.45, 7) is 8.58. The number of hydrogen-bond donors (Lipinski definition) is 2. The number of para-hydroxylation sites is 1. The Balaban J connectivity index is 1.84. The summed E-state index contributed by atoms with van der Waals surface area (Å²) >= 11 is 0. The highest BCUT2D eigenvalue weighted by Gasteiger charge is 2.34. The maximum atomic E-state index is 14.6. The van der Waals surface area contributed by atoms with Gasteiger partial charge in [0.05, 0.1) is 17.9 Å². The van der Waals surface area contributed by atoms with E-state index < -0.39 is 0 Å². The van der Waals surface area contributed by atoms with E-state index >= 15 is 0 Å². The fraction of sp³-hybridized carbons (Fsp3) is 0.316. The summed E-state index contributed by atoms with van der Waals surface area (Å²) in [5, 5.41) is 3.39. The van der Waals surface area contributed by atoms with Crippen LogP contribution in [0.15, 0.2) is 42.9 Å². The molecule has 2 aliphatic heterocycles. The summed E-state index contributed by atoms with van der Waals surface area (Å²) in [6, 6.07) is 7.31. The minimum Gasteiger partial charge on any atom is -0.384 e. The molecule has 130 valence electrons. The van der Waals surface area contributed by atoms with Crippen molar-refractivity contribution in [1.29, 1.82) is 0 Å². The number of rotatable bonds is 2. The van der Waals surface area contributed by atoms with E-state index in [1.54, 1.807) is 12.3 Å². The molecule has 0 bridgehead atoms. The topological polar surface area (TPSA) is 57.4 Å². The average molecular weight is 339 g/mol. The maximum absolute atomic E-state index is 14.6. The molecule has 6 heteroatoms. The number of nitrogens with two attached hydrogens (primary N) is 1. The zero-order valence-corrected chi connectivity index (χ0v) is 14.3. The van der Waals surface area contributed by atoms with Crippen molar-refractivity contribution in [3.63, 3.8) is 0 Å². The molecule has 25 heavy (non-hydrogen) atoms. The van der Waals surface area contributed by atoms with Crippen LogP contribution in [0.1, 0.15) is 17.5 Å². The molecule has 0 amide bonds. The van der Waals surface area contributed by atoms with Crippen LogP contribution in [-0.4, -0.2) is 24.1 Å². The standard InChI is InChI=1S/C19H22FN5/c1-12-4-3-5-16(20)19(12)24-11-14-9-23-18(21)8-17(14)25(13(24)2)15-6-7-22-10-15/h3-5,8-9,15,22H,2,6-7,10-11H2,1H3,(H2,21,23). The lowest BCUT2D eigenvalue weighted by molar-refractivity contribution is 0.605. The second-order valence-corrected chi connectivity index (χ2v) is 6.66. The van der Waals surface area contributed by atoms with Crippen molar-refractivity contribution < 1.29 is 4.39 Å². The van der Waals surface area contributed by atoms with Gasteiger partial charge in [0.1, 0.15) is 17.5 Å². The summed E-state index contributed by atoms with van der Waals surface area (Å²) in [5.74, 6) is 1.02. The highest BCUT2D eigenvalue weighted by atomic mass is 19.1. The summed E-state index contributed by atoms with van der Waals surface area (Å²) in [7, 11) is 0. The zero-order chi connectivity index (χ0) is 17.6. The predicted molar refractivity (Wildman–Crippen MR) is 98.9 cm³/mol. The minimum absolute atomic E-state index is 0.238. The van der Waals surface area contributed by atoms with Gasteiger partial charge in [0.2, 0.25) is 0 Å². The Labute approximate surface area is 147 Å². The number of nitrogens with one attached hydrogen (secondary N) is 1.